The summed E-state index contributed by atoms with van der Waals surface area (Å²) in [6.45, 7) is -1.74. The number of rotatable bonds is 5. The normalized spacial score (nSPS) is 16.2. The van der Waals surface area contributed by atoms with Gasteiger partial charge in [-0.1, -0.05) is 0 Å². The summed E-state index contributed by atoms with van der Waals surface area (Å²) >= 11 is 3.04. The molecule has 1 aliphatic rings. The van der Waals surface area contributed by atoms with Crippen molar-refractivity contribution < 1.29 is 18.4 Å². The van der Waals surface area contributed by atoms with Crippen molar-refractivity contribution in [3.63, 3.8) is 0 Å². The minimum absolute atomic E-state index is 0.102. The SMILES string of the molecule is CN(C)C1CCN(c2cc(OC(F)F)c(Br)cc2[N+](=O)[O-])CC1. The van der Waals surface area contributed by atoms with Crippen LogP contribution >= 0.6 is 15.9 Å². The van der Waals surface area contributed by atoms with Crippen molar-refractivity contribution >= 4 is 27.3 Å². The van der Waals surface area contributed by atoms with E-state index in [4.69, 9.17) is 0 Å². The quantitative estimate of drug-likeness (QED) is 0.565. The molecule has 0 aromatic heterocycles. The Morgan fingerprint density at radius 1 is 1.39 bits per heavy atom. The fourth-order valence-corrected chi connectivity index (χ4v) is 3.17. The maximum absolute atomic E-state index is 12.5. The first kappa shape index (κ1) is 17.9. The summed E-state index contributed by atoms with van der Waals surface area (Å²) in [5.74, 6) is -0.102. The largest absolute Gasteiger partial charge is 0.434 e. The van der Waals surface area contributed by atoms with Crippen molar-refractivity contribution in [2.24, 2.45) is 0 Å². The summed E-state index contributed by atoms with van der Waals surface area (Å²) in [4.78, 5) is 14.7. The van der Waals surface area contributed by atoms with E-state index < -0.39 is 11.5 Å². The average molecular weight is 394 g/mol. The third-order valence-corrected chi connectivity index (χ3v) is 4.60. The number of nitro benzene ring substituents is 1. The van der Waals surface area contributed by atoms with E-state index in [-0.39, 0.29) is 15.9 Å². The molecule has 0 atom stereocenters. The lowest BCUT2D eigenvalue weighted by atomic mass is 10.0. The molecular formula is C14H18BrF2N3O3. The lowest BCUT2D eigenvalue weighted by Gasteiger charge is -2.36. The number of alkyl halides is 2. The molecule has 1 fully saturated rings. The van der Waals surface area contributed by atoms with Crippen molar-refractivity contribution in [3.8, 4) is 5.75 Å². The van der Waals surface area contributed by atoms with Gasteiger partial charge in [0.25, 0.3) is 5.69 Å². The van der Waals surface area contributed by atoms with Gasteiger partial charge in [-0.25, -0.2) is 0 Å². The number of halogens is 3. The Balaban J connectivity index is 2.30. The molecule has 2 rings (SSSR count). The van der Waals surface area contributed by atoms with E-state index >= 15 is 0 Å². The van der Waals surface area contributed by atoms with E-state index in [9.17, 15) is 18.9 Å². The lowest BCUT2D eigenvalue weighted by molar-refractivity contribution is -0.384. The third kappa shape index (κ3) is 4.29. The Bertz CT molecular complexity index is 579. The Morgan fingerprint density at radius 2 is 2.00 bits per heavy atom. The van der Waals surface area contributed by atoms with Gasteiger partial charge in [-0.3, -0.25) is 10.1 Å². The summed E-state index contributed by atoms with van der Waals surface area (Å²) in [6.07, 6.45) is 1.70. The minimum atomic E-state index is -2.99. The monoisotopic (exact) mass is 393 g/mol. The van der Waals surface area contributed by atoms with E-state index in [0.717, 1.165) is 12.8 Å². The van der Waals surface area contributed by atoms with Crippen LogP contribution in [0.3, 0.4) is 0 Å². The molecule has 0 saturated carbocycles. The van der Waals surface area contributed by atoms with Gasteiger partial charge in [0.05, 0.1) is 9.40 Å². The zero-order chi connectivity index (χ0) is 17.1. The molecule has 0 amide bonds. The topological polar surface area (TPSA) is 58.8 Å². The maximum atomic E-state index is 12.5. The summed E-state index contributed by atoms with van der Waals surface area (Å²) in [7, 11) is 3.99. The predicted molar refractivity (Wildman–Crippen MR) is 86.4 cm³/mol. The fourth-order valence-electron chi connectivity index (χ4n) is 2.74. The van der Waals surface area contributed by atoms with Crippen molar-refractivity contribution in [3.05, 3.63) is 26.7 Å². The predicted octanol–water partition coefficient (Wildman–Crippen LogP) is 3.49. The Kier molecular flexibility index (Phi) is 5.74. The number of anilines is 1. The zero-order valence-corrected chi connectivity index (χ0v) is 14.4. The van der Waals surface area contributed by atoms with Gasteiger partial charge < -0.3 is 14.5 Å². The first-order chi connectivity index (χ1) is 10.8. The van der Waals surface area contributed by atoms with Crippen molar-refractivity contribution in [2.45, 2.75) is 25.5 Å². The number of ether oxygens (including phenoxy) is 1. The smallest absolute Gasteiger partial charge is 0.387 e. The van der Waals surface area contributed by atoms with Crippen LogP contribution in [0.1, 0.15) is 12.8 Å². The first-order valence-corrected chi connectivity index (χ1v) is 7.93. The standard InChI is InChI=1S/C14H18BrF2N3O3/c1-18(2)9-3-5-19(6-4-9)11-8-13(23-14(16)17)10(15)7-12(11)20(21)22/h7-9,14H,3-6H2,1-2H3. The highest BCUT2D eigenvalue weighted by Gasteiger charge is 2.27. The van der Waals surface area contributed by atoms with Crippen LogP contribution in [0.25, 0.3) is 0 Å². The highest BCUT2D eigenvalue weighted by molar-refractivity contribution is 9.10. The fraction of sp³-hybridized carbons (Fsp3) is 0.571. The molecule has 1 heterocycles. The molecular weight excluding hydrogens is 376 g/mol. The molecule has 1 aliphatic heterocycles. The van der Waals surface area contributed by atoms with Crippen LogP contribution in [0.4, 0.5) is 20.2 Å². The molecule has 1 saturated heterocycles. The molecule has 0 radical (unpaired) electrons. The van der Waals surface area contributed by atoms with Crippen LogP contribution < -0.4 is 9.64 Å². The van der Waals surface area contributed by atoms with Gasteiger partial charge in [-0.2, -0.15) is 8.78 Å². The van der Waals surface area contributed by atoms with Gasteiger partial charge >= 0.3 is 6.61 Å². The molecule has 0 unspecified atom stereocenters. The average Bonchev–Trinajstić information content (AvgIpc) is 2.48. The molecule has 0 bridgehead atoms. The number of hydrogen-bond acceptors (Lipinski definition) is 5. The van der Waals surface area contributed by atoms with Gasteiger partial charge in [-0.15, -0.1) is 0 Å². The van der Waals surface area contributed by atoms with Gasteiger partial charge in [0.2, 0.25) is 0 Å². The number of benzene rings is 1. The first-order valence-electron chi connectivity index (χ1n) is 7.13. The van der Waals surface area contributed by atoms with Crippen molar-refractivity contribution in [1.82, 2.24) is 4.90 Å². The second kappa shape index (κ2) is 7.39. The van der Waals surface area contributed by atoms with Crippen LogP contribution in [0.2, 0.25) is 0 Å². The molecule has 1 aromatic rings. The summed E-state index contributed by atoms with van der Waals surface area (Å²) in [5, 5.41) is 11.3. The van der Waals surface area contributed by atoms with E-state index in [1.807, 2.05) is 19.0 Å². The summed E-state index contributed by atoms with van der Waals surface area (Å²) in [6, 6.07) is 2.94. The van der Waals surface area contributed by atoms with Crippen LogP contribution in [0.5, 0.6) is 5.75 Å². The van der Waals surface area contributed by atoms with Gasteiger partial charge in [-0.05, 0) is 42.9 Å². The maximum Gasteiger partial charge on any atom is 0.387 e. The zero-order valence-electron chi connectivity index (χ0n) is 12.8. The molecule has 1 aromatic carbocycles. The van der Waals surface area contributed by atoms with Crippen molar-refractivity contribution in [2.75, 3.05) is 32.1 Å². The Labute approximate surface area is 141 Å². The van der Waals surface area contributed by atoms with E-state index in [1.54, 1.807) is 0 Å². The Morgan fingerprint density at radius 3 is 2.48 bits per heavy atom. The van der Waals surface area contributed by atoms with Gasteiger partial charge in [0.1, 0.15) is 11.4 Å². The highest BCUT2D eigenvalue weighted by atomic mass is 79.9. The van der Waals surface area contributed by atoms with Crippen LogP contribution in [0.15, 0.2) is 16.6 Å². The molecule has 128 valence electrons. The minimum Gasteiger partial charge on any atom is -0.434 e. The van der Waals surface area contributed by atoms with E-state index in [0.29, 0.717) is 24.8 Å². The number of nitro groups is 1. The number of hydrogen-bond donors (Lipinski definition) is 0. The van der Waals surface area contributed by atoms with Crippen LogP contribution in [-0.4, -0.2) is 49.7 Å². The van der Waals surface area contributed by atoms with Crippen molar-refractivity contribution in [1.29, 1.82) is 0 Å². The van der Waals surface area contributed by atoms with Crippen LogP contribution in [0, 0.1) is 10.1 Å². The second-order valence-electron chi connectivity index (χ2n) is 5.59. The second-order valence-corrected chi connectivity index (χ2v) is 6.44. The van der Waals surface area contributed by atoms with Gasteiger partial charge in [0.15, 0.2) is 0 Å². The molecule has 6 nitrogen and oxygen atoms in total. The van der Waals surface area contributed by atoms with Gasteiger partial charge in [0, 0.05) is 31.3 Å². The lowest BCUT2D eigenvalue weighted by Crippen LogP contribution is -2.42. The third-order valence-electron chi connectivity index (χ3n) is 3.98. The molecule has 0 spiro atoms. The van der Waals surface area contributed by atoms with Crippen LogP contribution in [-0.2, 0) is 0 Å². The molecule has 9 heteroatoms. The number of nitrogens with zero attached hydrogens (tertiary/aromatic N) is 3. The highest BCUT2D eigenvalue weighted by Crippen LogP contribution is 2.39. The van der Waals surface area contributed by atoms with E-state index in [1.165, 1.54) is 12.1 Å². The summed E-state index contributed by atoms with van der Waals surface area (Å²) in [5.41, 5.74) is 0.188. The molecule has 0 N–H and O–H groups in total. The Hall–Kier alpha value is -1.48. The van der Waals surface area contributed by atoms with E-state index in [2.05, 4.69) is 25.6 Å². The number of piperidine rings is 1. The summed E-state index contributed by atoms with van der Waals surface area (Å²) < 4.78 is 29.5. The molecule has 23 heavy (non-hydrogen) atoms. The molecule has 0 aliphatic carbocycles.